The molecule has 0 saturated heterocycles. The summed E-state index contributed by atoms with van der Waals surface area (Å²) < 4.78 is 1.73. The molecule has 0 aliphatic rings. The first-order chi connectivity index (χ1) is 9.15. The van der Waals surface area contributed by atoms with E-state index in [0.717, 1.165) is 28.1 Å². The van der Waals surface area contributed by atoms with Crippen LogP contribution in [0.5, 0.6) is 0 Å². The SMILES string of the molecule is CCc1cc2c(Nc3cnn(C)c3)nc(N)nc2s1. The van der Waals surface area contributed by atoms with Gasteiger partial charge in [-0.3, -0.25) is 4.68 Å². The van der Waals surface area contributed by atoms with E-state index in [9.17, 15) is 0 Å². The highest BCUT2D eigenvalue weighted by Gasteiger charge is 2.10. The lowest BCUT2D eigenvalue weighted by Gasteiger charge is -2.04. The number of nitrogens with two attached hydrogens (primary N) is 1. The van der Waals surface area contributed by atoms with Gasteiger partial charge in [0.2, 0.25) is 5.95 Å². The lowest BCUT2D eigenvalue weighted by atomic mass is 10.3. The number of rotatable bonds is 3. The molecule has 98 valence electrons. The second kappa shape index (κ2) is 4.51. The minimum absolute atomic E-state index is 0.281. The number of nitrogens with one attached hydrogen (secondary N) is 1. The van der Waals surface area contributed by atoms with E-state index in [2.05, 4.69) is 33.4 Å². The summed E-state index contributed by atoms with van der Waals surface area (Å²) in [7, 11) is 1.87. The van der Waals surface area contributed by atoms with E-state index in [0.29, 0.717) is 0 Å². The standard InChI is InChI=1S/C12H14N6S/c1-3-8-4-9-10(15-7-5-14-18(2)6-7)16-12(13)17-11(9)19-8/h4-6H,3H2,1-2H3,(H3,13,15,16,17). The summed E-state index contributed by atoms with van der Waals surface area (Å²) in [6.45, 7) is 2.12. The first kappa shape index (κ1) is 11.9. The van der Waals surface area contributed by atoms with Crippen LogP contribution in [0.1, 0.15) is 11.8 Å². The van der Waals surface area contributed by atoms with Crippen LogP contribution in [0.3, 0.4) is 0 Å². The summed E-state index contributed by atoms with van der Waals surface area (Å²) in [4.78, 5) is 10.7. The van der Waals surface area contributed by atoms with Gasteiger partial charge in [-0.05, 0) is 12.5 Å². The van der Waals surface area contributed by atoms with Crippen LogP contribution >= 0.6 is 11.3 Å². The van der Waals surface area contributed by atoms with E-state index < -0.39 is 0 Å². The zero-order valence-corrected chi connectivity index (χ0v) is 11.5. The Balaban J connectivity index is 2.08. The van der Waals surface area contributed by atoms with Gasteiger partial charge < -0.3 is 11.1 Å². The Hall–Kier alpha value is -2.15. The van der Waals surface area contributed by atoms with E-state index >= 15 is 0 Å². The summed E-state index contributed by atoms with van der Waals surface area (Å²) in [5.41, 5.74) is 6.64. The molecule has 0 aromatic carbocycles. The Bertz CT molecular complexity index is 729. The van der Waals surface area contributed by atoms with Crippen molar-refractivity contribution in [1.29, 1.82) is 0 Å². The number of nitrogen functional groups attached to an aromatic ring is 1. The summed E-state index contributed by atoms with van der Waals surface area (Å²) in [5.74, 6) is 1.01. The van der Waals surface area contributed by atoms with E-state index in [4.69, 9.17) is 5.73 Å². The highest BCUT2D eigenvalue weighted by atomic mass is 32.1. The summed E-state index contributed by atoms with van der Waals surface area (Å²) >= 11 is 1.65. The van der Waals surface area contributed by atoms with Crippen LogP contribution in [0.4, 0.5) is 17.5 Å². The molecule has 3 heterocycles. The quantitative estimate of drug-likeness (QED) is 0.766. The summed E-state index contributed by atoms with van der Waals surface area (Å²) in [6.07, 6.45) is 4.61. The Labute approximate surface area is 114 Å². The van der Waals surface area contributed by atoms with Crippen LogP contribution in [0.2, 0.25) is 0 Å². The Morgan fingerprint density at radius 2 is 2.26 bits per heavy atom. The smallest absolute Gasteiger partial charge is 0.223 e. The molecule has 0 fully saturated rings. The maximum absolute atomic E-state index is 5.76. The predicted octanol–water partition coefficient (Wildman–Crippen LogP) is 2.31. The number of anilines is 3. The van der Waals surface area contributed by atoms with Crippen LogP contribution < -0.4 is 11.1 Å². The van der Waals surface area contributed by atoms with Crippen molar-refractivity contribution in [3.8, 4) is 0 Å². The minimum Gasteiger partial charge on any atom is -0.368 e. The van der Waals surface area contributed by atoms with Gasteiger partial charge in [-0.2, -0.15) is 10.1 Å². The highest BCUT2D eigenvalue weighted by molar-refractivity contribution is 7.18. The van der Waals surface area contributed by atoms with Crippen molar-refractivity contribution in [2.24, 2.45) is 7.05 Å². The highest BCUT2D eigenvalue weighted by Crippen LogP contribution is 2.31. The summed E-state index contributed by atoms with van der Waals surface area (Å²) in [6, 6.07) is 2.11. The number of aromatic nitrogens is 4. The number of thiophene rings is 1. The number of hydrogen-bond acceptors (Lipinski definition) is 6. The number of hydrogen-bond donors (Lipinski definition) is 2. The van der Waals surface area contributed by atoms with E-state index in [-0.39, 0.29) is 5.95 Å². The molecule has 0 atom stereocenters. The first-order valence-electron chi connectivity index (χ1n) is 5.97. The van der Waals surface area contributed by atoms with E-state index in [1.807, 2.05) is 13.2 Å². The van der Waals surface area contributed by atoms with Crippen molar-refractivity contribution >= 4 is 39.0 Å². The average molecular weight is 274 g/mol. The zero-order chi connectivity index (χ0) is 13.4. The van der Waals surface area contributed by atoms with Crippen LogP contribution in [0, 0.1) is 0 Å². The Morgan fingerprint density at radius 3 is 2.95 bits per heavy atom. The van der Waals surface area contributed by atoms with Gasteiger partial charge in [-0.15, -0.1) is 11.3 Å². The van der Waals surface area contributed by atoms with Crippen molar-refractivity contribution in [1.82, 2.24) is 19.7 Å². The van der Waals surface area contributed by atoms with E-state index in [1.54, 1.807) is 22.2 Å². The van der Waals surface area contributed by atoms with Gasteiger partial charge in [0.05, 0.1) is 17.3 Å². The Morgan fingerprint density at radius 1 is 1.42 bits per heavy atom. The van der Waals surface area contributed by atoms with Crippen LogP contribution in [0.25, 0.3) is 10.2 Å². The first-order valence-corrected chi connectivity index (χ1v) is 6.79. The van der Waals surface area contributed by atoms with Gasteiger partial charge >= 0.3 is 0 Å². The van der Waals surface area contributed by atoms with Crippen molar-refractivity contribution in [2.75, 3.05) is 11.1 Å². The molecule has 0 unspecified atom stereocenters. The molecule has 0 saturated carbocycles. The third-order valence-electron chi connectivity index (χ3n) is 2.78. The molecular weight excluding hydrogens is 260 g/mol. The molecule has 19 heavy (non-hydrogen) atoms. The van der Waals surface area contributed by atoms with E-state index in [1.165, 1.54) is 4.88 Å². The normalized spacial score (nSPS) is 11.1. The van der Waals surface area contributed by atoms with Crippen molar-refractivity contribution in [3.63, 3.8) is 0 Å². The minimum atomic E-state index is 0.281. The molecule has 3 rings (SSSR count). The molecule has 3 aromatic heterocycles. The molecule has 0 amide bonds. The molecule has 6 nitrogen and oxygen atoms in total. The zero-order valence-electron chi connectivity index (χ0n) is 10.7. The fourth-order valence-corrected chi connectivity index (χ4v) is 2.85. The molecular formula is C12H14N6S. The van der Waals surface area contributed by atoms with Crippen molar-refractivity contribution in [3.05, 3.63) is 23.3 Å². The van der Waals surface area contributed by atoms with Crippen LogP contribution in [-0.4, -0.2) is 19.7 Å². The van der Waals surface area contributed by atoms with Crippen molar-refractivity contribution in [2.45, 2.75) is 13.3 Å². The number of aryl methyl sites for hydroxylation is 2. The maximum Gasteiger partial charge on any atom is 0.223 e. The molecule has 7 heteroatoms. The average Bonchev–Trinajstić information content (AvgIpc) is 2.95. The molecule has 0 radical (unpaired) electrons. The summed E-state index contributed by atoms with van der Waals surface area (Å²) in [5, 5.41) is 8.36. The van der Waals surface area contributed by atoms with Gasteiger partial charge in [0.25, 0.3) is 0 Å². The topological polar surface area (TPSA) is 81.7 Å². The molecule has 0 bridgehead atoms. The monoisotopic (exact) mass is 274 g/mol. The fraction of sp³-hybridized carbons (Fsp3) is 0.250. The van der Waals surface area contributed by atoms with Gasteiger partial charge in [0.15, 0.2) is 0 Å². The molecule has 0 aliphatic heterocycles. The lowest BCUT2D eigenvalue weighted by Crippen LogP contribution is -1.99. The fourth-order valence-electron chi connectivity index (χ4n) is 1.88. The van der Waals surface area contributed by atoms with Gasteiger partial charge in [-0.25, -0.2) is 4.98 Å². The van der Waals surface area contributed by atoms with Crippen LogP contribution in [-0.2, 0) is 13.5 Å². The largest absolute Gasteiger partial charge is 0.368 e. The molecule has 3 aromatic rings. The maximum atomic E-state index is 5.76. The van der Waals surface area contributed by atoms with Crippen LogP contribution in [0.15, 0.2) is 18.5 Å². The van der Waals surface area contributed by atoms with Crippen molar-refractivity contribution < 1.29 is 0 Å². The number of fused-ring (bicyclic) bond motifs is 1. The molecule has 3 N–H and O–H groups in total. The third kappa shape index (κ3) is 2.24. The van der Waals surface area contributed by atoms with Gasteiger partial charge in [0.1, 0.15) is 10.6 Å². The number of nitrogens with zero attached hydrogens (tertiary/aromatic N) is 4. The third-order valence-corrected chi connectivity index (χ3v) is 3.95. The second-order valence-electron chi connectivity index (χ2n) is 4.24. The Kier molecular flexibility index (Phi) is 2.83. The molecule has 0 aliphatic carbocycles. The second-order valence-corrected chi connectivity index (χ2v) is 5.36. The van der Waals surface area contributed by atoms with Gasteiger partial charge in [-0.1, -0.05) is 6.92 Å². The molecule has 0 spiro atoms. The predicted molar refractivity (Wildman–Crippen MR) is 77.7 cm³/mol. The lowest BCUT2D eigenvalue weighted by molar-refractivity contribution is 0.768. The van der Waals surface area contributed by atoms with Gasteiger partial charge in [0, 0.05) is 18.1 Å².